The lowest BCUT2D eigenvalue weighted by Gasteiger charge is -2.37. The van der Waals surface area contributed by atoms with Crippen LogP contribution >= 0.6 is 0 Å². The summed E-state index contributed by atoms with van der Waals surface area (Å²) in [6.45, 7) is 5.71. The molecule has 1 saturated heterocycles. The number of ether oxygens (including phenoxy) is 2. The zero-order chi connectivity index (χ0) is 20.8. The lowest BCUT2D eigenvalue weighted by Crippen LogP contribution is -2.51. The van der Waals surface area contributed by atoms with Gasteiger partial charge in [-0.25, -0.2) is 0 Å². The average molecular weight is 398 g/mol. The Bertz CT molecular complexity index is 784. The zero-order valence-electron chi connectivity index (χ0n) is 17.8. The van der Waals surface area contributed by atoms with Gasteiger partial charge in [-0.15, -0.1) is 0 Å². The molecule has 29 heavy (non-hydrogen) atoms. The van der Waals surface area contributed by atoms with E-state index < -0.39 is 0 Å². The lowest BCUT2D eigenvalue weighted by molar-refractivity contribution is -0.132. The summed E-state index contributed by atoms with van der Waals surface area (Å²) in [4.78, 5) is 19.2. The highest BCUT2D eigenvalue weighted by molar-refractivity contribution is 5.78. The standard InChI is InChI=1S/C23H31N3O3/c1-18(19-5-9-21(28-3)10-6-19)24(2)17-23(27)26-15-13-25(14-16-26)20-7-11-22(29-4)12-8-20/h5-12,18H,13-17H2,1-4H3. The van der Waals surface area contributed by atoms with Crippen LogP contribution in [0, 0.1) is 0 Å². The molecule has 6 heteroatoms. The Labute approximate surface area is 173 Å². The fourth-order valence-electron chi connectivity index (χ4n) is 3.59. The first-order valence-electron chi connectivity index (χ1n) is 10.0. The third-order valence-corrected chi connectivity index (χ3v) is 5.71. The summed E-state index contributed by atoms with van der Waals surface area (Å²) in [6, 6.07) is 16.3. The first-order valence-corrected chi connectivity index (χ1v) is 10.0. The van der Waals surface area contributed by atoms with Gasteiger partial charge in [0.25, 0.3) is 0 Å². The first-order chi connectivity index (χ1) is 14.0. The molecule has 6 nitrogen and oxygen atoms in total. The molecule has 2 aromatic carbocycles. The SMILES string of the molecule is COc1ccc(C(C)N(C)CC(=O)N2CCN(c3ccc(OC)cc3)CC2)cc1. The van der Waals surface area contributed by atoms with E-state index >= 15 is 0 Å². The molecule has 0 saturated carbocycles. The Morgan fingerprint density at radius 2 is 1.45 bits per heavy atom. The summed E-state index contributed by atoms with van der Waals surface area (Å²) >= 11 is 0. The number of carbonyl (C=O) groups excluding carboxylic acids is 1. The Hall–Kier alpha value is -2.73. The van der Waals surface area contributed by atoms with Crippen molar-refractivity contribution in [1.82, 2.24) is 9.80 Å². The summed E-state index contributed by atoms with van der Waals surface area (Å²) in [5.74, 6) is 1.88. The summed E-state index contributed by atoms with van der Waals surface area (Å²) in [5, 5.41) is 0. The van der Waals surface area contributed by atoms with Crippen LogP contribution in [0.1, 0.15) is 18.5 Å². The number of piperazine rings is 1. The summed E-state index contributed by atoms with van der Waals surface area (Å²) < 4.78 is 10.4. The number of amides is 1. The van der Waals surface area contributed by atoms with Gasteiger partial charge in [0, 0.05) is 37.9 Å². The van der Waals surface area contributed by atoms with Crippen molar-refractivity contribution in [1.29, 1.82) is 0 Å². The zero-order valence-corrected chi connectivity index (χ0v) is 17.8. The number of carbonyl (C=O) groups is 1. The van der Waals surface area contributed by atoms with E-state index in [0.717, 1.165) is 37.7 Å². The first kappa shape index (κ1) is 21.0. The highest BCUT2D eigenvalue weighted by Gasteiger charge is 2.23. The molecular weight excluding hydrogens is 366 g/mol. The van der Waals surface area contributed by atoms with Crippen LogP contribution in [0.25, 0.3) is 0 Å². The second-order valence-electron chi connectivity index (χ2n) is 7.43. The van der Waals surface area contributed by atoms with Crippen molar-refractivity contribution in [3.8, 4) is 11.5 Å². The van der Waals surface area contributed by atoms with Gasteiger partial charge in [-0.3, -0.25) is 9.69 Å². The van der Waals surface area contributed by atoms with Crippen molar-refractivity contribution in [3.05, 3.63) is 54.1 Å². The third kappa shape index (κ3) is 5.21. The van der Waals surface area contributed by atoms with Gasteiger partial charge in [-0.05, 0) is 55.9 Å². The molecule has 156 valence electrons. The highest BCUT2D eigenvalue weighted by atomic mass is 16.5. The lowest BCUT2D eigenvalue weighted by atomic mass is 10.1. The maximum absolute atomic E-state index is 12.8. The normalized spacial score (nSPS) is 15.3. The van der Waals surface area contributed by atoms with Gasteiger partial charge in [-0.2, -0.15) is 0 Å². The molecule has 0 aliphatic carbocycles. The van der Waals surface area contributed by atoms with Crippen LogP contribution in [0.3, 0.4) is 0 Å². The van der Waals surface area contributed by atoms with E-state index in [1.165, 1.54) is 11.3 Å². The number of nitrogens with zero attached hydrogens (tertiary/aromatic N) is 3. The predicted octanol–water partition coefficient (Wildman–Crippen LogP) is 3.05. The number of anilines is 1. The van der Waals surface area contributed by atoms with E-state index in [4.69, 9.17) is 9.47 Å². The maximum Gasteiger partial charge on any atom is 0.236 e. The van der Waals surface area contributed by atoms with Gasteiger partial charge in [0.2, 0.25) is 5.91 Å². The van der Waals surface area contributed by atoms with E-state index in [-0.39, 0.29) is 11.9 Å². The number of methoxy groups -OCH3 is 2. The topological polar surface area (TPSA) is 45.2 Å². The Morgan fingerprint density at radius 3 is 1.97 bits per heavy atom. The van der Waals surface area contributed by atoms with E-state index in [1.807, 2.05) is 36.2 Å². The predicted molar refractivity (Wildman–Crippen MR) is 116 cm³/mol. The smallest absolute Gasteiger partial charge is 0.236 e. The molecule has 1 amide bonds. The number of hydrogen-bond acceptors (Lipinski definition) is 5. The van der Waals surface area contributed by atoms with Crippen LogP contribution in [0.4, 0.5) is 5.69 Å². The fourth-order valence-corrected chi connectivity index (χ4v) is 3.59. The molecule has 1 aliphatic heterocycles. The van der Waals surface area contributed by atoms with Crippen molar-refractivity contribution in [2.45, 2.75) is 13.0 Å². The number of benzene rings is 2. The fraction of sp³-hybridized carbons (Fsp3) is 0.435. The molecule has 1 unspecified atom stereocenters. The molecule has 1 atom stereocenters. The van der Waals surface area contributed by atoms with Crippen LogP contribution in [0.5, 0.6) is 11.5 Å². The van der Waals surface area contributed by atoms with Crippen LogP contribution in [-0.2, 0) is 4.79 Å². The van der Waals surface area contributed by atoms with E-state index in [2.05, 4.69) is 41.0 Å². The molecule has 0 radical (unpaired) electrons. The largest absolute Gasteiger partial charge is 0.497 e. The highest BCUT2D eigenvalue weighted by Crippen LogP contribution is 2.23. The van der Waals surface area contributed by atoms with E-state index in [9.17, 15) is 4.79 Å². The second kappa shape index (κ2) is 9.65. The number of rotatable bonds is 7. The Balaban J connectivity index is 1.50. The second-order valence-corrected chi connectivity index (χ2v) is 7.43. The molecule has 0 bridgehead atoms. The Morgan fingerprint density at radius 1 is 0.931 bits per heavy atom. The monoisotopic (exact) mass is 397 g/mol. The van der Waals surface area contributed by atoms with Crippen molar-refractivity contribution in [2.24, 2.45) is 0 Å². The van der Waals surface area contributed by atoms with Gasteiger partial charge < -0.3 is 19.3 Å². The van der Waals surface area contributed by atoms with Crippen LogP contribution in [0.2, 0.25) is 0 Å². The van der Waals surface area contributed by atoms with Gasteiger partial charge in [0.15, 0.2) is 0 Å². The quantitative estimate of drug-likeness (QED) is 0.719. The number of hydrogen-bond donors (Lipinski definition) is 0. The molecule has 0 aromatic heterocycles. The van der Waals surface area contributed by atoms with Crippen LogP contribution in [-0.4, -0.2) is 69.7 Å². The molecule has 1 fully saturated rings. The summed E-state index contributed by atoms with van der Waals surface area (Å²) in [5.41, 5.74) is 2.34. The molecule has 1 heterocycles. The summed E-state index contributed by atoms with van der Waals surface area (Å²) in [7, 11) is 5.34. The Kier molecular flexibility index (Phi) is 6.99. The molecule has 1 aliphatic rings. The van der Waals surface area contributed by atoms with E-state index in [1.54, 1.807) is 14.2 Å². The van der Waals surface area contributed by atoms with Crippen molar-refractivity contribution >= 4 is 11.6 Å². The minimum atomic E-state index is 0.158. The molecule has 0 spiro atoms. The van der Waals surface area contributed by atoms with Crippen molar-refractivity contribution in [2.75, 3.05) is 58.9 Å². The van der Waals surface area contributed by atoms with Crippen molar-refractivity contribution < 1.29 is 14.3 Å². The molecule has 2 aromatic rings. The van der Waals surface area contributed by atoms with Crippen molar-refractivity contribution in [3.63, 3.8) is 0 Å². The molecular formula is C23H31N3O3. The third-order valence-electron chi connectivity index (χ3n) is 5.71. The van der Waals surface area contributed by atoms with Gasteiger partial charge in [-0.1, -0.05) is 12.1 Å². The average Bonchev–Trinajstić information content (AvgIpc) is 2.78. The van der Waals surface area contributed by atoms with Gasteiger partial charge in [0.05, 0.1) is 20.8 Å². The van der Waals surface area contributed by atoms with Gasteiger partial charge >= 0.3 is 0 Å². The minimum Gasteiger partial charge on any atom is -0.497 e. The molecule has 3 rings (SSSR count). The van der Waals surface area contributed by atoms with E-state index in [0.29, 0.717) is 6.54 Å². The molecule has 0 N–H and O–H groups in total. The maximum atomic E-state index is 12.8. The number of likely N-dealkylation sites (N-methyl/N-ethyl adjacent to an activating group) is 1. The minimum absolute atomic E-state index is 0.158. The van der Waals surface area contributed by atoms with Crippen LogP contribution in [0.15, 0.2) is 48.5 Å². The summed E-state index contributed by atoms with van der Waals surface area (Å²) in [6.07, 6.45) is 0. The van der Waals surface area contributed by atoms with Crippen LogP contribution < -0.4 is 14.4 Å². The van der Waals surface area contributed by atoms with Gasteiger partial charge in [0.1, 0.15) is 11.5 Å².